The lowest BCUT2D eigenvalue weighted by Crippen LogP contribution is -2.13. The Bertz CT molecular complexity index is 484. The maximum absolute atomic E-state index is 12.2. The van der Waals surface area contributed by atoms with Crippen LogP contribution in [0, 0.1) is 0 Å². The minimum atomic E-state index is -2.12. The number of aromatic nitrogens is 1. The van der Waals surface area contributed by atoms with Crippen LogP contribution in [0.5, 0.6) is 0 Å². The van der Waals surface area contributed by atoms with Gasteiger partial charge in [0.15, 0.2) is 5.82 Å². The molecule has 0 aromatic carbocycles. The summed E-state index contributed by atoms with van der Waals surface area (Å²) in [7, 11) is -2.12. The monoisotopic (exact) mass is 254 g/mol. The summed E-state index contributed by atoms with van der Waals surface area (Å²) >= 11 is 0. The first kappa shape index (κ1) is 14.2. The number of hydrogen-bond donors (Lipinski definition) is 0. The molecule has 0 spiro atoms. The summed E-state index contributed by atoms with van der Waals surface area (Å²) in [5.74, 6) is 1.74. The van der Waals surface area contributed by atoms with Gasteiger partial charge < -0.3 is 0 Å². The average molecular weight is 254 g/mol. The quantitative estimate of drug-likeness (QED) is 0.828. The SMILES string of the molecule is CCS(=O)(CC)=Nc1cccc(C(C)(C)C)n1. The molecule has 0 aliphatic heterocycles. The van der Waals surface area contributed by atoms with E-state index in [1.807, 2.05) is 32.0 Å². The molecule has 1 rings (SSSR count). The van der Waals surface area contributed by atoms with Crippen LogP contribution in [0.2, 0.25) is 0 Å². The van der Waals surface area contributed by atoms with E-state index in [0.29, 0.717) is 17.3 Å². The second-order valence-electron chi connectivity index (χ2n) is 5.07. The summed E-state index contributed by atoms with van der Waals surface area (Å²) in [5, 5.41) is 0. The van der Waals surface area contributed by atoms with E-state index in [1.165, 1.54) is 0 Å². The fraction of sp³-hybridized carbons (Fsp3) is 0.615. The maximum Gasteiger partial charge on any atom is 0.161 e. The zero-order valence-corrected chi connectivity index (χ0v) is 12.2. The first-order valence-electron chi connectivity index (χ1n) is 6.01. The first-order chi connectivity index (χ1) is 7.80. The molecule has 1 aromatic heterocycles. The summed E-state index contributed by atoms with van der Waals surface area (Å²) in [6.45, 7) is 10.1. The van der Waals surface area contributed by atoms with Gasteiger partial charge in [-0.05, 0) is 12.1 Å². The van der Waals surface area contributed by atoms with Crippen molar-refractivity contribution >= 4 is 15.5 Å². The molecule has 0 amide bonds. The zero-order chi connectivity index (χ0) is 13.1. The summed E-state index contributed by atoms with van der Waals surface area (Å²) < 4.78 is 16.6. The Morgan fingerprint density at radius 3 is 2.29 bits per heavy atom. The molecule has 96 valence electrons. The Hall–Kier alpha value is -0.900. The molecule has 3 nitrogen and oxygen atoms in total. The highest BCUT2D eigenvalue weighted by Gasteiger charge is 2.15. The van der Waals surface area contributed by atoms with Crippen LogP contribution in [-0.4, -0.2) is 20.7 Å². The second kappa shape index (κ2) is 5.17. The van der Waals surface area contributed by atoms with E-state index in [0.717, 1.165) is 5.69 Å². The molecule has 0 aliphatic carbocycles. The lowest BCUT2D eigenvalue weighted by atomic mass is 9.92. The predicted molar refractivity (Wildman–Crippen MR) is 74.2 cm³/mol. The largest absolute Gasteiger partial charge is 0.249 e. The molecule has 4 heteroatoms. The zero-order valence-electron chi connectivity index (χ0n) is 11.4. The fourth-order valence-electron chi connectivity index (χ4n) is 1.40. The van der Waals surface area contributed by atoms with Crippen LogP contribution in [0.15, 0.2) is 22.6 Å². The van der Waals surface area contributed by atoms with E-state index in [1.54, 1.807) is 0 Å². The number of hydrogen-bond acceptors (Lipinski definition) is 3. The standard InChI is InChI=1S/C13H22N2OS/c1-6-17(16,7-2)15-12-10-8-9-11(14-12)13(3,4)5/h8-10H,6-7H2,1-5H3. The molecule has 0 saturated carbocycles. The van der Waals surface area contributed by atoms with Gasteiger partial charge in [0, 0.05) is 22.6 Å². The Morgan fingerprint density at radius 2 is 1.82 bits per heavy atom. The van der Waals surface area contributed by atoms with Gasteiger partial charge in [-0.3, -0.25) is 0 Å². The Morgan fingerprint density at radius 1 is 1.24 bits per heavy atom. The van der Waals surface area contributed by atoms with E-state index < -0.39 is 9.73 Å². The molecule has 0 aliphatic rings. The minimum Gasteiger partial charge on any atom is -0.249 e. The summed E-state index contributed by atoms with van der Waals surface area (Å²) in [6, 6.07) is 5.73. The molecule has 17 heavy (non-hydrogen) atoms. The molecular formula is C13H22N2OS. The van der Waals surface area contributed by atoms with Crippen LogP contribution < -0.4 is 0 Å². The highest BCUT2D eigenvalue weighted by Crippen LogP contribution is 2.22. The third-order valence-electron chi connectivity index (χ3n) is 2.66. The van der Waals surface area contributed by atoms with Crippen LogP contribution in [0.25, 0.3) is 0 Å². The third-order valence-corrected chi connectivity index (χ3v) is 4.99. The molecule has 0 N–H and O–H groups in total. The van der Waals surface area contributed by atoms with Crippen molar-refractivity contribution in [3.63, 3.8) is 0 Å². The van der Waals surface area contributed by atoms with Crippen molar-refractivity contribution in [1.82, 2.24) is 4.98 Å². The van der Waals surface area contributed by atoms with E-state index >= 15 is 0 Å². The molecule has 0 radical (unpaired) electrons. The molecule has 0 bridgehead atoms. The molecular weight excluding hydrogens is 232 g/mol. The maximum atomic E-state index is 12.2. The van der Waals surface area contributed by atoms with E-state index in [-0.39, 0.29) is 5.41 Å². The summed E-state index contributed by atoms with van der Waals surface area (Å²) in [5.41, 5.74) is 0.970. The topological polar surface area (TPSA) is 42.3 Å². The molecule has 0 unspecified atom stereocenters. The Labute approximate surface area is 105 Å². The van der Waals surface area contributed by atoms with Gasteiger partial charge in [-0.2, -0.15) is 4.36 Å². The van der Waals surface area contributed by atoms with Crippen molar-refractivity contribution in [2.75, 3.05) is 11.5 Å². The Balaban J connectivity index is 3.23. The van der Waals surface area contributed by atoms with Gasteiger partial charge in [0.05, 0.1) is 9.73 Å². The van der Waals surface area contributed by atoms with Crippen LogP contribution in [0.3, 0.4) is 0 Å². The molecule has 1 aromatic rings. The minimum absolute atomic E-state index is 0.00909. The number of rotatable bonds is 3. The van der Waals surface area contributed by atoms with E-state index in [4.69, 9.17) is 0 Å². The van der Waals surface area contributed by atoms with Crippen molar-refractivity contribution < 1.29 is 4.21 Å². The predicted octanol–water partition coefficient (Wildman–Crippen LogP) is 3.52. The van der Waals surface area contributed by atoms with E-state index in [9.17, 15) is 4.21 Å². The van der Waals surface area contributed by atoms with Crippen molar-refractivity contribution in [3.8, 4) is 0 Å². The van der Waals surface area contributed by atoms with Gasteiger partial charge in [-0.25, -0.2) is 9.19 Å². The van der Waals surface area contributed by atoms with Gasteiger partial charge in [0.1, 0.15) is 0 Å². The van der Waals surface area contributed by atoms with Gasteiger partial charge in [0.25, 0.3) is 0 Å². The summed E-state index contributed by atoms with van der Waals surface area (Å²) in [4.78, 5) is 4.48. The smallest absolute Gasteiger partial charge is 0.161 e. The lowest BCUT2D eigenvalue weighted by molar-refractivity contribution is 0.569. The molecule has 0 fully saturated rings. The normalized spacial score (nSPS) is 12.5. The van der Waals surface area contributed by atoms with Crippen molar-refractivity contribution in [3.05, 3.63) is 23.9 Å². The fourth-order valence-corrected chi connectivity index (χ4v) is 2.50. The van der Waals surface area contributed by atoms with Gasteiger partial charge in [-0.1, -0.05) is 40.7 Å². The average Bonchev–Trinajstić information content (AvgIpc) is 2.28. The van der Waals surface area contributed by atoms with Crippen LogP contribution in [0.4, 0.5) is 5.82 Å². The molecule has 0 saturated heterocycles. The van der Waals surface area contributed by atoms with Crippen molar-refractivity contribution in [1.29, 1.82) is 0 Å². The van der Waals surface area contributed by atoms with Crippen LogP contribution >= 0.6 is 0 Å². The molecule has 1 heterocycles. The first-order valence-corrected chi connectivity index (χ1v) is 7.86. The number of pyridine rings is 1. The highest BCUT2D eigenvalue weighted by molar-refractivity contribution is 7.93. The van der Waals surface area contributed by atoms with E-state index in [2.05, 4.69) is 30.1 Å². The third kappa shape index (κ3) is 3.80. The summed E-state index contributed by atoms with van der Waals surface area (Å²) in [6.07, 6.45) is 0. The van der Waals surface area contributed by atoms with Crippen molar-refractivity contribution in [2.24, 2.45) is 4.36 Å². The molecule has 0 atom stereocenters. The second-order valence-corrected chi connectivity index (χ2v) is 7.95. The highest BCUT2D eigenvalue weighted by atomic mass is 32.2. The van der Waals surface area contributed by atoms with Crippen LogP contribution in [0.1, 0.15) is 40.3 Å². The van der Waals surface area contributed by atoms with Crippen LogP contribution in [-0.2, 0) is 15.1 Å². The van der Waals surface area contributed by atoms with Gasteiger partial charge in [-0.15, -0.1) is 0 Å². The number of nitrogens with zero attached hydrogens (tertiary/aromatic N) is 2. The van der Waals surface area contributed by atoms with Gasteiger partial charge >= 0.3 is 0 Å². The van der Waals surface area contributed by atoms with Gasteiger partial charge in [0.2, 0.25) is 0 Å². The Kier molecular flexibility index (Phi) is 4.31. The lowest BCUT2D eigenvalue weighted by Gasteiger charge is -2.17. The van der Waals surface area contributed by atoms with Crippen molar-refractivity contribution in [2.45, 2.75) is 40.0 Å².